The van der Waals surface area contributed by atoms with Gasteiger partial charge in [0.2, 0.25) is 5.91 Å². The van der Waals surface area contributed by atoms with Crippen LogP contribution in [0.4, 0.5) is 0 Å². The summed E-state index contributed by atoms with van der Waals surface area (Å²) < 4.78 is 5.66. The number of hydrogen-bond donors (Lipinski definition) is 1. The Hall–Kier alpha value is -1.55. The number of carbonyl (C=O) groups is 1. The lowest BCUT2D eigenvalue weighted by Crippen LogP contribution is -2.19. The molecule has 0 saturated heterocycles. The molecule has 0 aliphatic heterocycles. The number of hydrogen-bond acceptors (Lipinski definition) is 3. The molecule has 1 amide bonds. The molecule has 23 heavy (non-hydrogen) atoms. The fraction of sp³-hybridized carbons (Fsp3) is 0.556. The summed E-state index contributed by atoms with van der Waals surface area (Å²) >= 11 is 5.90. The fourth-order valence-corrected chi connectivity index (χ4v) is 2.97. The largest absolute Gasteiger partial charge is 0.493 e. The maximum absolute atomic E-state index is 11.7. The summed E-state index contributed by atoms with van der Waals surface area (Å²) in [6, 6.07) is 5.52. The van der Waals surface area contributed by atoms with Gasteiger partial charge in [-0.25, -0.2) is 5.43 Å². The number of hydrazone groups is 1. The predicted octanol–water partition coefficient (Wildman–Crippen LogP) is 4.49. The van der Waals surface area contributed by atoms with E-state index < -0.39 is 0 Å². The Labute approximate surface area is 143 Å². The van der Waals surface area contributed by atoms with Crippen molar-refractivity contribution < 1.29 is 9.53 Å². The Morgan fingerprint density at radius 2 is 2.17 bits per heavy atom. The quantitative estimate of drug-likeness (QED) is 0.453. The topological polar surface area (TPSA) is 50.7 Å². The summed E-state index contributed by atoms with van der Waals surface area (Å²) in [5.41, 5.74) is 3.60. The third-order valence-electron chi connectivity index (χ3n) is 4.07. The predicted molar refractivity (Wildman–Crippen MR) is 94.1 cm³/mol. The molecule has 1 aliphatic rings. The number of halogens is 1. The second-order valence-corrected chi connectivity index (χ2v) is 6.51. The van der Waals surface area contributed by atoms with Gasteiger partial charge in [-0.05, 0) is 55.9 Å². The van der Waals surface area contributed by atoms with Gasteiger partial charge in [0, 0.05) is 17.7 Å². The van der Waals surface area contributed by atoms with Crippen molar-refractivity contribution in [2.24, 2.45) is 11.0 Å². The van der Waals surface area contributed by atoms with E-state index in [1.165, 1.54) is 32.1 Å². The van der Waals surface area contributed by atoms with Crippen molar-refractivity contribution in [3.8, 4) is 5.75 Å². The standard InChI is InChI=1S/C18H25ClN2O2/c1-14-12-16(19)9-10-17(14)23-11-5-8-18(22)21-20-13-15-6-3-2-4-7-15/h9-10,12-13,15H,2-8,11H2,1H3,(H,21,22)/b20-13+. The highest BCUT2D eigenvalue weighted by Crippen LogP contribution is 2.22. The molecule has 5 heteroatoms. The molecule has 1 saturated carbocycles. The number of benzene rings is 1. The summed E-state index contributed by atoms with van der Waals surface area (Å²) in [5.74, 6) is 1.28. The Morgan fingerprint density at radius 3 is 2.91 bits per heavy atom. The highest BCUT2D eigenvalue weighted by Gasteiger charge is 2.10. The van der Waals surface area contributed by atoms with Crippen molar-refractivity contribution in [2.75, 3.05) is 6.61 Å². The number of nitrogens with zero attached hydrogens (tertiary/aromatic N) is 1. The van der Waals surface area contributed by atoms with Crippen LogP contribution < -0.4 is 10.2 Å². The Morgan fingerprint density at radius 1 is 1.39 bits per heavy atom. The van der Waals surface area contributed by atoms with E-state index in [9.17, 15) is 4.79 Å². The number of ether oxygens (including phenoxy) is 1. The van der Waals surface area contributed by atoms with Gasteiger partial charge in [-0.15, -0.1) is 0 Å². The average molecular weight is 337 g/mol. The van der Waals surface area contributed by atoms with Gasteiger partial charge in [-0.2, -0.15) is 5.10 Å². The van der Waals surface area contributed by atoms with Crippen molar-refractivity contribution >= 4 is 23.7 Å². The summed E-state index contributed by atoms with van der Waals surface area (Å²) in [5, 5.41) is 4.77. The van der Waals surface area contributed by atoms with E-state index in [0.717, 1.165) is 11.3 Å². The van der Waals surface area contributed by atoms with Crippen LogP contribution in [0.3, 0.4) is 0 Å². The van der Waals surface area contributed by atoms with Gasteiger partial charge < -0.3 is 4.74 Å². The Kier molecular flexibility index (Phi) is 7.40. The van der Waals surface area contributed by atoms with Crippen LogP contribution in [0.2, 0.25) is 5.02 Å². The zero-order valence-electron chi connectivity index (χ0n) is 13.7. The molecule has 4 nitrogen and oxygen atoms in total. The summed E-state index contributed by atoms with van der Waals surface area (Å²) in [6.45, 7) is 2.45. The molecular weight excluding hydrogens is 312 g/mol. The molecule has 1 aromatic rings. The molecule has 1 aliphatic carbocycles. The van der Waals surface area contributed by atoms with Crippen molar-refractivity contribution in [3.63, 3.8) is 0 Å². The van der Waals surface area contributed by atoms with Crippen molar-refractivity contribution in [1.82, 2.24) is 5.43 Å². The maximum Gasteiger partial charge on any atom is 0.240 e. The van der Waals surface area contributed by atoms with Gasteiger partial charge in [-0.1, -0.05) is 30.9 Å². The molecule has 2 rings (SSSR count). The molecule has 0 radical (unpaired) electrons. The molecule has 0 bridgehead atoms. The number of aryl methyl sites for hydroxylation is 1. The molecule has 1 aromatic carbocycles. The van der Waals surface area contributed by atoms with E-state index >= 15 is 0 Å². The number of rotatable bonds is 7. The van der Waals surface area contributed by atoms with E-state index in [2.05, 4.69) is 10.5 Å². The van der Waals surface area contributed by atoms with Crippen molar-refractivity contribution in [1.29, 1.82) is 0 Å². The first-order chi connectivity index (χ1) is 11.1. The van der Waals surface area contributed by atoms with E-state index in [1.54, 1.807) is 6.07 Å². The summed E-state index contributed by atoms with van der Waals surface area (Å²) in [7, 11) is 0. The van der Waals surface area contributed by atoms with Crippen LogP contribution in [0.15, 0.2) is 23.3 Å². The monoisotopic (exact) mass is 336 g/mol. The van der Waals surface area contributed by atoms with Crippen LogP contribution in [0, 0.1) is 12.8 Å². The summed E-state index contributed by atoms with van der Waals surface area (Å²) in [6.07, 6.45) is 9.20. The SMILES string of the molecule is Cc1cc(Cl)ccc1OCCCC(=O)N/N=C/C1CCCCC1. The van der Waals surface area contributed by atoms with Gasteiger partial charge in [0.1, 0.15) is 5.75 Å². The lowest BCUT2D eigenvalue weighted by molar-refractivity contribution is -0.121. The molecule has 1 fully saturated rings. The first-order valence-electron chi connectivity index (χ1n) is 8.36. The van der Waals surface area contributed by atoms with Gasteiger partial charge >= 0.3 is 0 Å². The second-order valence-electron chi connectivity index (χ2n) is 6.07. The van der Waals surface area contributed by atoms with E-state index in [0.29, 0.717) is 30.4 Å². The van der Waals surface area contributed by atoms with E-state index in [1.807, 2.05) is 25.3 Å². The highest BCUT2D eigenvalue weighted by molar-refractivity contribution is 6.30. The van der Waals surface area contributed by atoms with Crippen LogP contribution in [0.5, 0.6) is 5.75 Å². The minimum atomic E-state index is -0.0616. The third kappa shape index (κ3) is 6.61. The second kappa shape index (κ2) is 9.56. The van der Waals surface area contributed by atoms with E-state index in [4.69, 9.17) is 16.3 Å². The third-order valence-corrected chi connectivity index (χ3v) is 4.30. The van der Waals surface area contributed by atoms with E-state index in [-0.39, 0.29) is 5.91 Å². The minimum absolute atomic E-state index is 0.0616. The first-order valence-corrected chi connectivity index (χ1v) is 8.74. The highest BCUT2D eigenvalue weighted by atomic mass is 35.5. The zero-order valence-corrected chi connectivity index (χ0v) is 14.4. The fourth-order valence-electron chi connectivity index (χ4n) is 2.74. The Balaban J connectivity index is 1.60. The van der Waals surface area contributed by atoms with Crippen LogP contribution in [-0.4, -0.2) is 18.7 Å². The molecule has 0 heterocycles. The lowest BCUT2D eigenvalue weighted by Gasteiger charge is -2.16. The zero-order chi connectivity index (χ0) is 16.5. The first kappa shape index (κ1) is 17.8. The number of carbonyl (C=O) groups excluding carboxylic acids is 1. The molecule has 1 N–H and O–H groups in total. The molecule has 126 valence electrons. The van der Waals surface area contributed by atoms with Gasteiger partial charge in [0.15, 0.2) is 0 Å². The summed E-state index contributed by atoms with van der Waals surface area (Å²) in [4.78, 5) is 11.7. The number of amides is 1. The normalized spacial score (nSPS) is 15.7. The minimum Gasteiger partial charge on any atom is -0.493 e. The van der Waals surface area contributed by atoms with Crippen LogP contribution in [0.25, 0.3) is 0 Å². The Bertz CT molecular complexity index is 540. The van der Waals surface area contributed by atoms with Gasteiger partial charge in [0.05, 0.1) is 6.61 Å². The molecular formula is C18H25ClN2O2. The maximum atomic E-state index is 11.7. The van der Waals surface area contributed by atoms with Gasteiger partial charge in [-0.3, -0.25) is 4.79 Å². The molecule has 0 unspecified atom stereocenters. The lowest BCUT2D eigenvalue weighted by atomic mass is 9.90. The molecule has 0 atom stereocenters. The van der Waals surface area contributed by atoms with Crippen LogP contribution >= 0.6 is 11.6 Å². The van der Waals surface area contributed by atoms with Crippen LogP contribution in [-0.2, 0) is 4.79 Å². The number of nitrogens with one attached hydrogen (secondary N) is 1. The van der Waals surface area contributed by atoms with Crippen LogP contribution in [0.1, 0.15) is 50.5 Å². The molecule has 0 aromatic heterocycles. The van der Waals surface area contributed by atoms with Crippen molar-refractivity contribution in [3.05, 3.63) is 28.8 Å². The van der Waals surface area contributed by atoms with Gasteiger partial charge in [0.25, 0.3) is 0 Å². The average Bonchev–Trinajstić information content (AvgIpc) is 2.54. The van der Waals surface area contributed by atoms with Crippen molar-refractivity contribution in [2.45, 2.75) is 51.9 Å². The smallest absolute Gasteiger partial charge is 0.240 e. The molecule has 0 spiro atoms.